The standard InChI is InChI=1S/C26H35N3O4/c1-28-15-14-26(18-6-11-22(32-4)23(16-18)33-5)13-12-19(17-24(26)28)27-25(30)29(2)20-7-9-21(31-3)10-8-20/h6-11,16,19,24H,12-15,17H2,1-5H3,(H,27,30)/t19-,24+,26-/m0/s1. The highest BCUT2D eigenvalue weighted by molar-refractivity contribution is 5.91. The van der Waals surface area contributed by atoms with Gasteiger partial charge >= 0.3 is 6.03 Å². The number of nitrogens with one attached hydrogen (secondary N) is 1. The second-order valence-corrected chi connectivity index (χ2v) is 9.15. The van der Waals surface area contributed by atoms with Gasteiger partial charge < -0.3 is 24.4 Å². The number of carbonyl (C=O) groups is 1. The van der Waals surface area contributed by atoms with Gasteiger partial charge in [0.1, 0.15) is 5.75 Å². The van der Waals surface area contributed by atoms with Crippen molar-refractivity contribution in [1.82, 2.24) is 10.2 Å². The number of methoxy groups -OCH3 is 3. The smallest absolute Gasteiger partial charge is 0.321 e. The Hall–Kier alpha value is -2.93. The maximum Gasteiger partial charge on any atom is 0.321 e. The van der Waals surface area contributed by atoms with Crippen molar-refractivity contribution in [3.8, 4) is 17.2 Å². The fourth-order valence-electron chi connectivity index (χ4n) is 5.59. The number of nitrogens with zero attached hydrogens (tertiary/aromatic N) is 2. The molecule has 1 aliphatic carbocycles. The Morgan fingerprint density at radius 1 is 1.03 bits per heavy atom. The summed E-state index contributed by atoms with van der Waals surface area (Å²) in [5, 5.41) is 3.27. The van der Waals surface area contributed by atoms with Crippen molar-refractivity contribution in [2.24, 2.45) is 0 Å². The Morgan fingerprint density at radius 3 is 2.42 bits per heavy atom. The molecular weight excluding hydrogens is 418 g/mol. The van der Waals surface area contributed by atoms with Gasteiger partial charge in [-0.3, -0.25) is 4.90 Å². The normalized spacial score (nSPS) is 24.6. The van der Waals surface area contributed by atoms with Crippen LogP contribution in [-0.4, -0.2) is 65.0 Å². The molecule has 33 heavy (non-hydrogen) atoms. The molecule has 0 bridgehead atoms. The van der Waals surface area contributed by atoms with E-state index < -0.39 is 0 Å². The molecule has 1 aliphatic heterocycles. The molecule has 1 N–H and O–H groups in total. The zero-order chi connectivity index (χ0) is 23.6. The molecule has 0 radical (unpaired) electrons. The predicted octanol–water partition coefficient (Wildman–Crippen LogP) is 4.05. The van der Waals surface area contributed by atoms with Crippen LogP contribution in [0, 0.1) is 0 Å². The summed E-state index contributed by atoms with van der Waals surface area (Å²) >= 11 is 0. The van der Waals surface area contributed by atoms with Crippen molar-refractivity contribution in [3.05, 3.63) is 48.0 Å². The molecule has 2 fully saturated rings. The number of rotatable bonds is 6. The highest BCUT2D eigenvalue weighted by atomic mass is 16.5. The zero-order valence-electron chi connectivity index (χ0n) is 20.3. The zero-order valence-corrected chi connectivity index (χ0v) is 20.3. The number of fused-ring (bicyclic) bond motifs is 1. The van der Waals surface area contributed by atoms with Gasteiger partial charge in [-0.1, -0.05) is 6.07 Å². The number of hydrogen-bond donors (Lipinski definition) is 1. The fraction of sp³-hybridized carbons (Fsp3) is 0.500. The molecule has 1 saturated carbocycles. The molecule has 0 unspecified atom stereocenters. The lowest BCUT2D eigenvalue weighted by Gasteiger charge is -2.45. The first-order valence-corrected chi connectivity index (χ1v) is 11.5. The van der Waals surface area contributed by atoms with Gasteiger partial charge in [0.2, 0.25) is 0 Å². The first-order chi connectivity index (χ1) is 15.9. The van der Waals surface area contributed by atoms with Gasteiger partial charge in [-0.15, -0.1) is 0 Å². The van der Waals surface area contributed by atoms with E-state index >= 15 is 0 Å². The number of hydrogen-bond acceptors (Lipinski definition) is 5. The molecule has 178 valence electrons. The van der Waals surface area contributed by atoms with Gasteiger partial charge in [-0.05, 0) is 81.2 Å². The van der Waals surface area contributed by atoms with Crippen molar-refractivity contribution in [1.29, 1.82) is 0 Å². The Kier molecular flexibility index (Phi) is 6.70. The van der Waals surface area contributed by atoms with Crippen LogP contribution in [0.1, 0.15) is 31.2 Å². The maximum atomic E-state index is 13.0. The minimum Gasteiger partial charge on any atom is -0.497 e. The SMILES string of the molecule is COc1ccc(N(C)C(=O)N[C@H]2CC[C@@]3(c4ccc(OC)c(OC)c4)CCN(C)[C@@H]3C2)cc1. The molecule has 2 amide bonds. The molecule has 4 rings (SSSR count). The third kappa shape index (κ3) is 4.34. The van der Waals surface area contributed by atoms with Gasteiger partial charge in [0.15, 0.2) is 11.5 Å². The van der Waals surface area contributed by atoms with Gasteiger partial charge in [0.05, 0.1) is 21.3 Å². The van der Waals surface area contributed by atoms with E-state index in [1.807, 2.05) is 30.3 Å². The lowest BCUT2D eigenvalue weighted by Crippen LogP contribution is -2.53. The lowest BCUT2D eigenvalue weighted by atomic mass is 9.65. The van der Waals surface area contributed by atoms with E-state index in [0.717, 1.165) is 55.2 Å². The van der Waals surface area contributed by atoms with Gasteiger partial charge in [0.25, 0.3) is 0 Å². The molecule has 1 saturated heterocycles. The fourth-order valence-corrected chi connectivity index (χ4v) is 5.59. The first-order valence-electron chi connectivity index (χ1n) is 11.5. The minimum atomic E-state index is -0.0792. The average molecular weight is 454 g/mol. The van der Waals surface area contributed by atoms with Crippen molar-refractivity contribution in [2.45, 2.75) is 43.2 Å². The Bertz CT molecular complexity index is 980. The molecule has 0 spiro atoms. The summed E-state index contributed by atoms with van der Waals surface area (Å²) < 4.78 is 16.2. The van der Waals surface area contributed by atoms with E-state index in [9.17, 15) is 4.79 Å². The van der Waals surface area contributed by atoms with Crippen LogP contribution < -0.4 is 24.4 Å². The minimum absolute atomic E-state index is 0.0669. The number of likely N-dealkylation sites (tertiary alicyclic amines) is 1. The second-order valence-electron chi connectivity index (χ2n) is 9.15. The number of amides is 2. The Balaban J connectivity index is 1.48. The van der Waals surface area contributed by atoms with E-state index in [1.165, 1.54) is 5.56 Å². The van der Waals surface area contributed by atoms with Crippen molar-refractivity contribution in [2.75, 3.05) is 46.9 Å². The summed E-state index contributed by atoms with van der Waals surface area (Å²) in [6.07, 6.45) is 4.00. The van der Waals surface area contributed by atoms with Crippen LogP contribution in [0.2, 0.25) is 0 Å². The molecule has 7 heteroatoms. The number of urea groups is 1. The molecule has 7 nitrogen and oxygen atoms in total. The van der Waals surface area contributed by atoms with Crippen LogP contribution in [-0.2, 0) is 5.41 Å². The van der Waals surface area contributed by atoms with E-state index in [-0.39, 0.29) is 17.5 Å². The van der Waals surface area contributed by atoms with Gasteiger partial charge in [-0.2, -0.15) is 0 Å². The van der Waals surface area contributed by atoms with Gasteiger partial charge in [0, 0.05) is 30.2 Å². The van der Waals surface area contributed by atoms with E-state index in [1.54, 1.807) is 33.3 Å². The summed E-state index contributed by atoms with van der Waals surface area (Å²) in [5.41, 5.74) is 2.20. The second kappa shape index (κ2) is 9.51. The Morgan fingerprint density at radius 2 is 1.76 bits per heavy atom. The number of benzene rings is 2. The maximum absolute atomic E-state index is 13.0. The van der Waals surface area contributed by atoms with Crippen LogP contribution in [0.15, 0.2) is 42.5 Å². The highest BCUT2D eigenvalue weighted by Crippen LogP contribution is 2.49. The summed E-state index contributed by atoms with van der Waals surface area (Å²) in [5.74, 6) is 2.30. The number of carbonyl (C=O) groups excluding carboxylic acids is 1. The summed E-state index contributed by atoms with van der Waals surface area (Å²) in [6, 6.07) is 14.3. The first kappa shape index (κ1) is 23.2. The molecule has 2 aromatic carbocycles. The van der Waals surface area contributed by atoms with Crippen LogP contribution in [0.5, 0.6) is 17.2 Å². The average Bonchev–Trinajstić information content (AvgIpc) is 3.20. The largest absolute Gasteiger partial charge is 0.497 e. The van der Waals surface area contributed by atoms with E-state index in [2.05, 4.69) is 29.4 Å². The lowest BCUT2D eigenvalue weighted by molar-refractivity contribution is 0.155. The number of likely N-dealkylation sites (N-methyl/N-ethyl adjacent to an activating group) is 1. The van der Waals surface area contributed by atoms with Crippen molar-refractivity contribution >= 4 is 11.7 Å². The molecule has 3 atom stereocenters. The van der Waals surface area contributed by atoms with Gasteiger partial charge in [-0.25, -0.2) is 4.79 Å². The van der Waals surface area contributed by atoms with Crippen LogP contribution >= 0.6 is 0 Å². The van der Waals surface area contributed by atoms with Crippen molar-refractivity contribution < 1.29 is 19.0 Å². The quantitative estimate of drug-likeness (QED) is 0.715. The summed E-state index contributed by atoms with van der Waals surface area (Å²) in [4.78, 5) is 17.1. The Labute approximate surface area is 196 Å². The molecule has 1 heterocycles. The summed E-state index contributed by atoms with van der Waals surface area (Å²) in [7, 11) is 8.98. The molecule has 2 aliphatic rings. The van der Waals surface area contributed by atoms with E-state index in [0.29, 0.717) is 6.04 Å². The summed E-state index contributed by atoms with van der Waals surface area (Å²) in [6.45, 7) is 1.05. The molecular formula is C26H35N3O4. The number of anilines is 1. The predicted molar refractivity (Wildman–Crippen MR) is 130 cm³/mol. The highest BCUT2D eigenvalue weighted by Gasteiger charge is 2.50. The third-order valence-electron chi connectivity index (χ3n) is 7.58. The molecule has 2 aromatic rings. The monoisotopic (exact) mass is 453 g/mol. The van der Waals surface area contributed by atoms with E-state index in [4.69, 9.17) is 14.2 Å². The number of ether oxygens (including phenoxy) is 3. The van der Waals surface area contributed by atoms with Crippen LogP contribution in [0.3, 0.4) is 0 Å². The third-order valence-corrected chi connectivity index (χ3v) is 7.58. The van der Waals surface area contributed by atoms with Crippen LogP contribution in [0.25, 0.3) is 0 Å². The molecule has 0 aromatic heterocycles. The topological polar surface area (TPSA) is 63.3 Å². The van der Waals surface area contributed by atoms with Crippen LogP contribution in [0.4, 0.5) is 10.5 Å². The van der Waals surface area contributed by atoms with Crippen molar-refractivity contribution in [3.63, 3.8) is 0 Å².